The Hall–Kier alpha value is -0.570. The van der Waals surface area contributed by atoms with Crippen molar-refractivity contribution in [2.24, 2.45) is 5.41 Å². The average molecular weight is 212 g/mol. The maximum Gasteiger partial charge on any atom is 0.220 e. The number of amides is 1. The van der Waals surface area contributed by atoms with E-state index in [-0.39, 0.29) is 5.91 Å². The largest absolute Gasteiger partial charge is 0.356 e. The molecule has 3 nitrogen and oxygen atoms in total. The van der Waals surface area contributed by atoms with Crippen molar-refractivity contribution < 1.29 is 4.79 Å². The third-order valence-corrected chi connectivity index (χ3v) is 3.28. The van der Waals surface area contributed by atoms with Gasteiger partial charge in [0.25, 0.3) is 0 Å². The van der Waals surface area contributed by atoms with Crippen molar-refractivity contribution in [3.63, 3.8) is 0 Å². The number of unbranched alkanes of at least 4 members (excludes halogenated alkanes) is 1. The van der Waals surface area contributed by atoms with E-state index in [0.29, 0.717) is 11.8 Å². The van der Waals surface area contributed by atoms with E-state index in [4.69, 9.17) is 0 Å². The van der Waals surface area contributed by atoms with Gasteiger partial charge in [-0.3, -0.25) is 4.79 Å². The first-order valence-corrected chi connectivity index (χ1v) is 6.14. The first-order valence-electron chi connectivity index (χ1n) is 6.14. The van der Waals surface area contributed by atoms with Crippen LogP contribution in [0.5, 0.6) is 0 Å². The Bertz CT molecular complexity index is 198. The highest BCUT2D eigenvalue weighted by atomic mass is 16.1. The van der Waals surface area contributed by atoms with Crippen LogP contribution in [0, 0.1) is 5.41 Å². The highest BCUT2D eigenvalue weighted by molar-refractivity contribution is 5.75. The standard InChI is InChI=1S/C12H24N2O/c1-3-4-5-11(15)14-10-12(2)6-8-13-9-7-12/h13H,3-10H2,1-2H3,(H,14,15). The van der Waals surface area contributed by atoms with Gasteiger partial charge in [-0.25, -0.2) is 0 Å². The van der Waals surface area contributed by atoms with E-state index in [1.54, 1.807) is 0 Å². The number of carbonyl (C=O) groups is 1. The Morgan fingerprint density at radius 1 is 1.40 bits per heavy atom. The molecule has 0 spiro atoms. The van der Waals surface area contributed by atoms with E-state index in [0.717, 1.165) is 32.5 Å². The number of nitrogens with one attached hydrogen (secondary N) is 2. The molecule has 88 valence electrons. The van der Waals surface area contributed by atoms with Crippen LogP contribution in [-0.2, 0) is 4.79 Å². The molecule has 0 unspecified atom stereocenters. The van der Waals surface area contributed by atoms with E-state index < -0.39 is 0 Å². The fourth-order valence-electron chi connectivity index (χ4n) is 1.94. The van der Waals surface area contributed by atoms with Crippen molar-refractivity contribution in [3.05, 3.63) is 0 Å². The van der Waals surface area contributed by atoms with Crippen molar-refractivity contribution in [2.45, 2.75) is 46.0 Å². The summed E-state index contributed by atoms with van der Waals surface area (Å²) in [6.07, 6.45) is 5.12. The second-order valence-electron chi connectivity index (χ2n) is 4.94. The number of hydrogen-bond donors (Lipinski definition) is 2. The number of piperidine rings is 1. The smallest absolute Gasteiger partial charge is 0.220 e. The summed E-state index contributed by atoms with van der Waals surface area (Å²) in [5.41, 5.74) is 0.313. The fourth-order valence-corrected chi connectivity index (χ4v) is 1.94. The van der Waals surface area contributed by atoms with Crippen LogP contribution >= 0.6 is 0 Å². The maximum absolute atomic E-state index is 11.5. The second kappa shape index (κ2) is 6.11. The van der Waals surface area contributed by atoms with Crippen LogP contribution in [0.25, 0.3) is 0 Å². The summed E-state index contributed by atoms with van der Waals surface area (Å²) < 4.78 is 0. The average Bonchev–Trinajstić information content (AvgIpc) is 2.25. The Morgan fingerprint density at radius 3 is 2.67 bits per heavy atom. The van der Waals surface area contributed by atoms with Crippen LogP contribution in [0.2, 0.25) is 0 Å². The lowest BCUT2D eigenvalue weighted by Gasteiger charge is -2.34. The van der Waals surface area contributed by atoms with Gasteiger partial charge in [0.1, 0.15) is 0 Å². The molecule has 0 radical (unpaired) electrons. The van der Waals surface area contributed by atoms with Crippen molar-refractivity contribution >= 4 is 5.91 Å². The zero-order valence-corrected chi connectivity index (χ0v) is 10.1. The van der Waals surface area contributed by atoms with Crippen molar-refractivity contribution in [3.8, 4) is 0 Å². The van der Waals surface area contributed by atoms with E-state index in [1.165, 1.54) is 12.8 Å². The van der Waals surface area contributed by atoms with Gasteiger partial charge in [-0.2, -0.15) is 0 Å². The van der Waals surface area contributed by atoms with Gasteiger partial charge in [0.15, 0.2) is 0 Å². The quantitative estimate of drug-likeness (QED) is 0.728. The minimum Gasteiger partial charge on any atom is -0.356 e. The Balaban J connectivity index is 2.19. The minimum atomic E-state index is 0.219. The molecule has 1 aliphatic rings. The Kier molecular flexibility index (Phi) is 5.09. The van der Waals surface area contributed by atoms with Crippen LogP contribution in [0.15, 0.2) is 0 Å². The van der Waals surface area contributed by atoms with E-state index in [1.807, 2.05) is 0 Å². The second-order valence-corrected chi connectivity index (χ2v) is 4.94. The lowest BCUT2D eigenvalue weighted by molar-refractivity contribution is -0.121. The number of rotatable bonds is 5. The zero-order chi connectivity index (χ0) is 11.1. The van der Waals surface area contributed by atoms with E-state index in [2.05, 4.69) is 24.5 Å². The third-order valence-electron chi connectivity index (χ3n) is 3.28. The number of carbonyl (C=O) groups excluding carboxylic acids is 1. The highest BCUT2D eigenvalue weighted by Crippen LogP contribution is 2.26. The van der Waals surface area contributed by atoms with Gasteiger partial charge in [-0.1, -0.05) is 20.3 Å². The van der Waals surface area contributed by atoms with Crippen LogP contribution in [0.3, 0.4) is 0 Å². The molecule has 1 fully saturated rings. The molecule has 1 rings (SSSR count). The molecule has 3 heteroatoms. The molecule has 2 N–H and O–H groups in total. The molecule has 0 bridgehead atoms. The summed E-state index contributed by atoms with van der Waals surface area (Å²) >= 11 is 0. The van der Waals surface area contributed by atoms with Gasteiger partial charge in [-0.05, 0) is 37.8 Å². The monoisotopic (exact) mass is 212 g/mol. The van der Waals surface area contributed by atoms with Crippen molar-refractivity contribution in [1.29, 1.82) is 0 Å². The first-order chi connectivity index (χ1) is 7.16. The normalized spacial score (nSPS) is 19.9. The lowest BCUT2D eigenvalue weighted by Crippen LogP contribution is -2.42. The van der Waals surface area contributed by atoms with Gasteiger partial charge in [0.05, 0.1) is 0 Å². The van der Waals surface area contributed by atoms with Gasteiger partial charge in [0, 0.05) is 13.0 Å². The van der Waals surface area contributed by atoms with E-state index in [9.17, 15) is 4.79 Å². The molecule has 0 saturated carbocycles. The molecule has 15 heavy (non-hydrogen) atoms. The number of hydrogen-bond acceptors (Lipinski definition) is 2. The molecule has 1 heterocycles. The molecule has 0 aliphatic carbocycles. The molecular weight excluding hydrogens is 188 g/mol. The van der Waals surface area contributed by atoms with Crippen LogP contribution in [0.1, 0.15) is 46.0 Å². The molecule has 0 aromatic rings. The zero-order valence-electron chi connectivity index (χ0n) is 10.1. The molecular formula is C12H24N2O. The predicted octanol–water partition coefficient (Wildman–Crippen LogP) is 1.68. The van der Waals surface area contributed by atoms with Crippen molar-refractivity contribution in [1.82, 2.24) is 10.6 Å². The third kappa shape index (κ3) is 4.65. The van der Waals surface area contributed by atoms with Crippen LogP contribution in [0.4, 0.5) is 0 Å². The molecule has 1 saturated heterocycles. The minimum absolute atomic E-state index is 0.219. The van der Waals surface area contributed by atoms with E-state index >= 15 is 0 Å². The topological polar surface area (TPSA) is 41.1 Å². The van der Waals surface area contributed by atoms with Gasteiger partial charge < -0.3 is 10.6 Å². The summed E-state index contributed by atoms with van der Waals surface area (Å²) in [7, 11) is 0. The fraction of sp³-hybridized carbons (Fsp3) is 0.917. The summed E-state index contributed by atoms with van der Waals surface area (Å²) in [6, 6.07) is 0. The summed E-state index contributed by atoms with van der Waals surface area (Å²) in [5.74, 6) is 0.219. The van der Waals surface area contributed by atoms with Gasteiger partial charge >= 0.3 is 0 Å². The first kappa shape index (κ1) is 12.5. The summed E-state index contributed by atoms with van der Waals surface area (Å²) in [4.78, 5) is 11.5. The Morgan fingerprint density at radius 2 is 2.07 bits per heavy atom. The molecule has 1 amide bonds. The van der Waals surface area contributed by atoms with Gasteiger partial charge in [0.2, 0.25) is 5.91 Å². The predicted molar refractivity (Wildman–Crippen MR) is 62.7 cm³/mol. The lowest BCUT2D eigenvalue weighted by atomic mass is 9.81. The van der Waals surface area contributed by atoms with Gasteiger partial charge in [-0.15, -0.1) is 0 Å². The highest BCUT2D eigenvalue weighted by Gasteiger charge is 2.26. The summed E-state index contributed by atoms with van der Waals surface area (Å²) in [6.45, 7) is 7.40. The maximum atomic E-state index is 11.5. The molecule has 1 aliphatic heterocycles. The molecule has 0 aromatic heterocycles. The molecule has 0 atom stereocenters. The van der Waals surface area contributed by atoms with Crippen molar-refractivity contribution in [2.75, 3.05) is 19.6 Å². The Labute approximate surface area is 93.0 Å². The van der Waals surface area contributed by atoms with Crippen LogP contribution < -0.4 is 10.6 Å². The van der Waals surface area contributed by atoms with Crippen LogP contribution in [-0.4, -0.2) is 25.5 Å². The SMILES string of the molecule is CCCCC(=O)NCC1(C)CCNCC1. The summed E-state index contributed by atoms with van der Waals surface area (Å²) in [5, 5.41) is 6.41. The molecule has 0 aromatic carbocycles.